The fourth-order valence-corrected chi connectivity index (χ4v) is 10.5. The van der Waals surface area contributed by atoms with Crippen molar-refractivity contribution in [1.29, 1.82) is 0 Å². The molecule has 0 bridgehead atoms. The number of alkyl halides is 2. The van der Waals surface area contributed by atoms with Gasteiger partial charge in [0.15, 0.2) is 0 Å². The van der Waals surface area contributed by atoms with Gasteiger partial charge in [0.2, 0.25) is 0 Å². The number of nitrogens with one attached hydrogen (secondary N) is 6. The third-order valence-electron chi connectivity index (χ3n) is 16.3. The first-order chi connectivity index (χ1) is 50.7. The van der Waals surface area contributed by atoms with Gasteiger partial charge in [0.25, 0.3) is 0 Å². The zero-order chi connectivity index (χ0) is 75.7. The van der Waals surface area contributed by atoms with E-state index in [4.69, 9.17) is 11.5 Å². The van der Waals surface area contributed by atoms with E-state index in [0.717, 1.165) is 31.1 Å². The van der Waals surface area contributed by atoms with Crippen LogP contribution in [0.25, 0.3) is 65.4 Å². The molecule has 7 nitrogen and oxygen atoms in total. The van der Waals surface area contributed by atoms with Crippen LogP contribution in [0.5, 0.6) is 0 Å². The number of aromatic amines is 6. The molecular weight excluding hydrogens is 1460 g/mol. The number of aliphatic hydroxyl groups is 1. The second-order valence-corrected chi connectivity index (χ2v) is 24.6. The van der Waals surface area contributed by atoms with Gasteiger partial charge in [-0.25, -0.2) is 0 Å². The van der Waals surface area contributed by atoms with Crippen LogP contribution < -0.4 is 12.4 Å². The van der Waals surface area contributed by atoms with Crippen LogP contribution in [0.3, 0.4) is 0 Å². The minimum atomic E-state index is 0. The molecule has 578 valence electrons. The molecule has 14 rings (SSSR count). The molecule has 2 aliphatic rings. The van der Waals surface area contributed by atoms with Gasteiger partial charge in [-0.15, -0.1) is 36.0 Å². The first kappa shape index (κ1) is 106. The number of aromatic nitrogens is 6. The summed E-state index contributed by atoms with van der Waals surface area (Å²) in [6.45, 7) is 23.0. The van der Waals surface area contributed by atoms with Gasteiger partial charge in [-0.3, -0.25) is 0 Å². The number of rotatable bonds is 11. The second-order valence-electron chi connectivity index (χ2n) is 24.6. The minimum Gasteiger partial charge on any atom is -1.00 e. The predicted molar refractivity (Wildman–Crippen MR) is 484 cm³/mol. The molecule has 0 unspecified atom stereocenters. The van der Waals surface area contributed by atoms with Crippen molar-refractivity contribution in [2.75, 3.05) is 18.3 Å². The third kappa shape index (κ3) is 54.7. The summed E-state index contributed by atoms with van der Waals surface area (Å²) in [6.07, 6.45) is 50.2. The summed E-state index contributed by atoms with van der Waals surface area (Å²) in [7, 11) is 0. The molecule has 0 saturated heterocycles. The summed E-state index contributed by atoms with van der Waals surface area (Å²) in [5, 5.41) is 15.2. The fraction of sp³-hybridized carbons (Fsp3) is 0.421. The van der Waals surface area contributed by atoms with E-state index < -0.39 is 0 Å². The molecule has 106 heavy (non-hydrogen) atoms. The van der Waals surface area contributed by atoms with Crippen molar-refractivity contribution >= 4 is 120 Å². The standard InChI is InChI=1S/6C8H7N.C8H16.C7H13.C7H16.2C7H12.C6H10.C2H6O.2CH3Br.CH4.ClH.Mg.H2/c6*1-2-4-8-7(3-1)5-6-9-8;1-2-8-6-4-3-5-7-8;1-7-5-3-2-4-6-7;3*1-3-5-7-6-4-2;1-3-5-6-4-2;1-2-3;2*1-2;;;;/h6*1-6,9H;8H,2-7H2,1H3;7H,1-6H2;3-7H2,1-2H3;2*3,5,7H2,1-2H3;1H,4-6H2,2H3;3H,2H2,1H3;2*1H3;1H4;1H;;1H/q;;;;;;;-1;;;;;;;;;;+2;/p-1. The predicted octanol–water partition coefficient (Wildman–Crippen LogP) is 27.1. The Bertz CT molecular complexity index is 3190. The van der Waals surface area contributed by atoms with Crippen LogP contribution in [0.1, 0.15) is 232 Å². The number of halogens is 3. The van der Waals surface area contributed by atoms with Crippen molar-refractivity contribution in [3.8, 4) is 36.0 Å². The third-order valence-corrected chi connectivity index (χ3v) is 16.3. The van der Waals surface area contributed by atoms with Crippen LogP contribution in [-0.2, 0) is 0 Å². The molecule has 11 heteroatoms. The molecule has 0 radical (unpaired) electrons. The number of unbranched alkanes of at least 4 members (excludes halogenated alkanes) is 10. The van der Waals surface area contributed by atoms with Crippen LogP contribution in [0.15, 0.2) is 219 Å². The largest absolute Gasteiger partial charge is 2.00 e. The maximum atomic E-state index is 7.57. The Kier molecular flexibility index (Phi) is 78.9. The van der Waals surface area contributed by atoms with Gasteiger partial charge >= 0.3 is 23.1 Å². The Balaban J connectivity index is -0.000000350. The topological polar surface area (TPSA) is 115 Å². The number of para-hydroxylation sites is 6. The van der Waals surface area contributed by atoms with Crippen molar-refractivity contribution in [2.45, 2.75) is 230 Å². The zero-order valence-corrected chi connectivity index (χ0v) is 71.7. The van der Waals surface area contributed by atoms with Crippen molar-refractivity contribution in [3.05, 3.63) is 226 Å². The van der Waals surface area contributed by atoms with E-state index in [0.29, 0.717) is 0 Å². The van der Waals surface area contributed by atoms with Gasteiger partial charge in [0.05, 0.1) is 0 Å². The quantitative estimate of drug-likeness (QED) is 0.0226. The van der Waals surface area contributed by atoms with Crippen LogP contribution in [0.4, 0.5) is 0 Å². The average molecular weight is 1600 g/mol. The summed E-state index contributed by atoms with van der Waals surface area (Å²) in [4.78, 5) is 18.7. The van der Waals surface area contributed by atoms with Crippen molar-refractivity contribution < 1.29 is 18.9 Å². The molecule has 7 N–H and O–H groups in total. The molecule has 6 heterocycles. The van der Waals surface area contributed by atoms with Crippen molar-refractivity contribution in [2.24, 2.45) is 11.8 Å². The monoisotopic (exact) mass is 1600 g/mol. The Hall–Kier alpha value is -6.78. The number of benzene rings is 6. The smallest absolute Gasteiger partial charge is 1.00 e. The molecule has 0 atom stereocenters. The molecule has 6 aromatic heterocycles. The Morgan fingerprint density at radius 1 is 0.377 bits per heavy atom. The first-order valence-corrected chi connectivity index (χ1v) is 41.4. The van der Waals surface area contributed by atoms with Gasteiger partial charge in [-0.05, 0) is 163 Å². The van der Waals surface area contributed by atoms with Gasteiger partial charge < -0.3 is 54.3 Å². The summed E-state index contributed by atoms with van der Waals surface area (Å²) in [5.41, 5.74) is 7.24. The number of hydrogen-bond donors (Lipinski definition) is 7. The zero-order valence-electron chi connectivity index (χ0n) is 66.4. The van der Waals surface area contributed by atoms with Crippen molar-refractivity contribution in [3.63, 3.8) is 0 Å². The molecule has 12 aromatic rings. The summed E-state index contributed by atoms with van der Waals surface area (Å²) in [5.74, 6) is 19.8. The molecule has 2 aliphatic carbocycles. The summed E-state index contributed by atoms with van der Waals surface area (Å²) >= 11 is 5.88. The summed E-state index contributed by atoms with van der Waals surface area (Å²) < 4.78 is 0. The Morgan fingerprint density at radius 3 is 0.774 bits per heavy atom. The van der Waals surface area contributed by atoms with Crippen LogP contribution in [0.2, 0.25) is 0 Å². The number of hydrogen-bond acceptors (Lipinski definition) is 1. The van der Waals surface area contributed by atoms with Gasteiger partial charge in [0.1, 0.15) is 0 Å². The molecule has 2 fully saturated rings. The average Bonchev–Trinajstić information content (AvgIpc) is 1.80. The molecule has 6 aromatic carbocycles. The van der Waals surface area contributed by atoms with E-state index in [-0.39, 0.29) is 50.9 Å². The van der Waals surface area contributed by atoms with E-state index in [1.54, 1.807) is 6.92 Å². The van der Waals surface area contributed by atoms with E-state index in [2.05, 4.69) is 249 Å². The van der Waals surface area contributed by atoms with Crippen LogP contribution >= 0.6 is 31.9 Å². The molecule has 0 aliphatic heterocycles. The maximum Gasteiger partial charge on any atom is 2.00 e. The van der Waals surface area contributed by atoms with Gasteiger partial charge in [-0.2, -0.15) is 5.92 Å². The number of fused-ring (bicyclic) bond motifs is 6. The van der Waals surface area contributed by atoms with E-state index in [9.17, 15) is 0 Å². The normalized spacial score (nSPS) is 10.9. The van der Waals surface area contributed by atoms with Crippen LogP contribution in [-0.4, -0.2) is 76.3 Å². The van der Waals surface area contributed by atoms with E-state index >= 15 is 0 Å². The van der Waals surface area contributed by atoms with Crippen molar-refractivity contribution in [1.82, 2.24) is 29.9 Å². The minimum absolute atomic E-state index is 0. The van der Waals surface area contributed by atoms with Crippen LogP contribution in [0, 0.1) is 54.8 Å². The Morgan fingerprint density at radius 2 is 0.604 bits per heavy atom. The number of terminal acetylenes is 1. The van der Waals surface area contributed by atoms with E-state index in [1.807, 2.05) is 135 Å². The summed E-state index contributed by atoms with van der Waals surface area (Å²) in [6, 6.07) is 61.7. The number of H-pyrrole nitrogens is 6. The van der Waals surface area contributed by atoms with E-state index in [1.165, 1.54) is 207 Å². The maximum absolute atomic E-state index is 7.57. The molecular formula is C95H139Br2ClMgN6O. The SMILES string of the molecule is C.C#CCCCC.CBr.CBr.CC#CCCCC.CC#CCCCC.CCC1CCCCC1.CCCCCCC.CCO.[CH2-]C1CCCCC1.[Cl-].[HH].[Mg+2].c1ccc2[nH]ccc2c1.c1ccc2[nH]ccc2c1.c1ccc2[nH]ccc2c1.c1ccc2[nH]ccc2c1.c1ccc2[nH]ccc2c1.c1ccc2[nH]ccc2c1. The molecule has 2 saturated carbocycles. The fourth-order valence-electron chi connectivity index (χ4n) is 10.5. The number of aliphatic hydroxyl groups excluding tert-OH is 1. The Labute approximate surface area is 686 Å². The van der Waals surface area contributed by atoms with Gasteiger partial charge in [-0.1, -0.05) is 312 Å². The van der Waals surface area contributed by atoms with Gasteiger partial charge in [0, 0.05) is 97.6 Å². The molecule has 0 spiro atoms. The first-order valence-electron chi connectivity index (χ1n) is 38.2. The molecule has 0 amide bonds. The second kappa shape index (κ2) is 79.3.